The van der Waals surface area contributed by atoms with E-state index in [-0.39, 0.29) is 5.91 Å². The maximum atomic E-state index is 10.9. The molecule has 0 spiro atoms. The molecular weight excluding hydrogens is 176 g/mol. The Labute approximate surface area is 82.1 Å². The van der Waals surface area contributed by atoms with Crippen LogP contribution in [0.4, 0.5) is 5.69 Å². The van der Waals surface area contributed by atoms with Crippen molar-refractivity contribution in [3.8, 4) is 0 Å². The number of carbonyl (C=O) groups is 1. The van der Waals surface area contributed by atoms with Gasteiger partial charge in [0.1, 0.15) is 0 Å². The van der Waals surface area contributed by atoms with Crippen molar-refractivity contribution in [1.82, 2.24) is 4.98 Å². The van der Waals surface area contributed by atoms with E-state index in [9.17, 15) is 4.79 Å². The summed E-state index contributed by atoms with van der Waals surface area (Å²) in [6.07, 6.45) is 1.81. The van der Waals surface area contributed by atoms with Crippen LogP contribution in [-0.2, 0) is 4.79 Å². The average Bonchev–Trinajstić information content (AvgIpc) is 2.47. The van der Waals surface area contributed by atoms with Crippen molar-refractivity contribution in [1.29, 1.82) is 0 Å². The Balaban J connectivity index is 2.55. The van der Waals surface area contributed by atoms with E-state index < -0.39 is 0 Å². The minimum atomic E-state index is -0.0487. The monoisotopic (exact) mass is 188 g/mol. The lowest BCUT2D eigenvalue weighted by atomic mass is 10.1. The van der Waals surface area contributed by atoms with Crippen LogP contribution in [0.2, 0.25) is 0 Å². The summed E-state index contributed by atoms with van der Waals surface area (Å²) in [7, 11) is 0. The van der Waals surface area contributed by atoms with Crippen molar-refractivity contribution in [2.75, 3.05) is 5.32 Å². The molecular formula is C11H12N2O. The maximum Gasteiger partial charge on any atom is 0.221 e. The van der Waals surface area contributed by atoms with Gasteiger partial charge in [-0.1, -0.05) is 11.6 Å². The van der Waals surface area contributed by atoms with Crippen LogP contribution in [0.25, 0.3) is 10.9 Å². The minimum Gasteiger partial charge on any atom is -0.359 e. The van der Waals surface area contributed by atoms with Crippen LogP contribution in [-0.4, -0.2) is 10.9 Å². The van der Waals surface area contributed by atoms with Gasteiger partial charge in [-0.3, -0.25) is 4.79 Å². The fraction of sp³-hybridized carbons (Fsp3) is 0.182. The number of hydrogen-bond acceptors (Lipinski definition) is 1. The number of aromatic nitrogens is 1. The van der Waals surface area contributed by atoms with E-state index >= 15 is 0 Å². The van der Waals surface area contributed by atoms with Crippen LogP contribution in [0.3, 0.4) is 0 Å². The number of hydrogen-bond donors (Lipinski definition) is 2. The topological polar surface area (TPSA) is 44.9 Å². The first kappa shape index (κ1) is 8.81. The summed E-state index contributed by atoms with van der Waals surface area (Å²) in [6, 6.07) is 6.10. The third-order valence-corrected chi connectivity index (χ3v) is 2.15. The van der Waals surface area contributed by atoms with Crippen LogP contribution in [0, 0.1) is 6.92 Å². The molecule has 1 aromatic carbocycles. The molecule has 0 aliphatic heterocycles. The summed E-state index contributed by atoms with van der Waals surface area (Å²) in [5.74, 6) is -0.0487. The molecule has 0 fully saturated rings. The third kappa shape index (κ3) is 1.48. The van der Waals surface area contributed by atoms with Gasteiger partial charge in [-0.05, 0) is 19.1 Å². The van der Waals surface area contributed by atoms with Gasteiger partial charge in [0.2, 0.25) is 5.91 Å². The molecule has 0 radical (unpaired) electrons. The van der Waals surface area contributed by atoms with Gasteiger partial charge >= 0.3 is 0 Å². The predicted molar refractivity (Wildman–Crippen MR) is 57.3 cm³/mol. The first-order valence-corrected chi connectivity index (χ1v) is 4.52. The largest absolute Gasteiger partial charge is 0.359 e. The highest BCUT2D eigenvalue weighted by Crippen LogP contribution is 2.23. The van der Waals surface area contributed by atoms with E-state index in [1.54, 1.807) is 0 Å². The third-order valence-electron chi connectivity index (χ3n) is 2.15. The van der Waals surface area contributed by atoms with Crippen molar-refractivity contribution < 1.29 is 4.79 Å². The smallest absolute Gasteiger partial charge is 0.221 e. The molecule has 2 rings (SSSR count). The van der Waals surface area contributed by atoms with Crippen molar-refractivity contribution in [2.45, 2.75) is 13.8 Å². The van der Waals surface area contributed by atoms with Crippen LogP contribution in [0.5, 0.6) is 0 Å². The summed E-state index contributed by atoms with van der Waals surface area (Å²) < 4.78 is 0. The van der Waals surface area contributed by atoms with Crippen LogP contribution >= 0.6 is 0 Å². The number of benzene rings is 1. The standard InChI is InChI=1S/C11H12N2O/c1-7-3-4-10-9(5-7)11(6-12-10)13-8(2)14/h3-6,12H,1-2H3,(H,13,14). The van der Waals surface area contributed by atoms with Crippen LogP contribution in [0.1, 0.15) is 12.5 Å². The number of aromatic amines is 1. The lowest BCUT2D eigenvalue weighted by molar-refractivity contribution is -0.114. The van der Waals surface area contributed by atoms with Crippen molar-refractivity contribution in [3.05, 3.63) is 30.0 Å². The number of H-pyrrole nitrogens is 1. The van der Waals surface area contributed by atoms with Gasteiger partial charge in [-0.2, -0.15) is 0 Å². The molecule has 0 aliphatic rings. The molecule has 1 heterocycles. The van der Waals surface area contributed by atoms with E-state index in [1.807, 2.05) is 25.3 Å². The second kappa shape index (κ2) is 3.18. The molecule has 0 saturated carbocycles. The Hall–Kier alpha value is -1.77. The van der Waals surface area contributed by atoms with Crippen molar-refractivity contribution >= 4 is 22.5 Å². The molecule has 0 atom stereocenters. The SMILES string of the molecule is CC(=O)Nc1c[nH]c2ccc(C)cc12. The summed E-state index contributed by atoms with van der Waals surface area (Å²) in [6.45, 7) is 3.54. The van der Waals surface area contributed by atoms with Crippen LogP contribution in [0.15, 0.2) is 24.4 Å². The lowest BCUT2D eigenvalue weighted by Crippen LogP contribution is -2.04. The van der Waals surface area contributed by atoms with Gasteiger partial charge in [0.05, 0.1) is 5.69 Å². The summed E-state index contributed by atoms with van der Waals surface area (Å²) in [5, 5.41) is 3.84. The Morgan fingerprint density at radius 3 is 2.93 bits per heavy atom. The molecule has 2 aromatic rings. The van der Waals surface area contributed by atoms with Gasteiger partial charge in [0.15, 0.2) is 0 Å². The van der Waals surface area contributed by atoms with Gasteiger partial charge in [0, 0.05) is 24.0 Å². The fourth-order valence-corrected chi connectivity index (χ4v) is 1.53. The average molecular weight is 188 g/mol. The quantitative estimate of drug-likeness (QED) is 0.709. The number of rotatable bonds is 1. The number of aryl methyl sites for hydroxylation is 1. The highest BCUT2D eigenvalue weighted by Gasteiger charge is 2.04. The zero-order chi connectivity index (χ0) is 10.1. The number of nitrogens with one attached hydrogen (secondary N) is 2. The van der Waals surface area contributed by atoms with E-state index in [2.05, 4.69) is 16.4 Å². The normalized spacial score (nSPS) is 10.4. The number of anilines is 1. The van der Waals surface area contributed by atoms with E-state index in [0.29, 0.717) is 0 Å². The van der Waals surface area contributed by atoms with E-state index in [0.717, 1.165) is 16.6 Å². The predicted octanol–water partition coefficient (Wildman–Crippen LogP) is 2.43. The Kier molecular flexibility index (Phi) is 2.00. The molecule has 1 amide bonds. The summed E-state index contributed by atoms with van der Waals surface area (Å²) in [5.41, 5.74) is 3.07. The molecule has 14 heavy (non-hydrogen) atoms. The first-order chi connectivity index (χ1) is 6.66. The van der Waals surface area contributed by atoms with Crippen molar-refractivity contribution in [2.24, 2.45) is 0 Å². The Morgan fingerprint density at radius 2 is 2.21 bits per heavy atom. The molecule has 0 unspecified atom stereocenters. The minimum absolute atomic E-state index is 0.0487. The second-order valence-electron chi connectivity index (χ2n) is 3.43. The van der Waals surface area contributed by atoms with Crippen molar-refractivity contribution in [3.63, 3.8) is 0 Å². The molecule has 2 N–H and O–H groups in total. The molecule has 0 bridgehead atoms. The zero-order valence-electron chi connectivity index (χ0n) is 8.22. The summed E-state index contributed by atoms with van der Waals surface area (Å²) in [4.78, 5) is 14.0. The Morgan fingerprint density at radius 1 is 1.43 bits per heavy atom. The van der Waals surface area contributed by atoms with Crippen LogP contribution < -0.4 is 5.32 Å². The molecule has 3 heteroatoms. The highest BCUT2D eigenvalue weighted by molar-refractivity contribution is 6.00. The second-order valence-corrected chi connectivity index (χ2v) is 3.43. The zero-order valence-corrected chi connectivity index (χ0v) is 8.22. The van der Waals surface area contributed by atoms with Gasteiger partial charge in [-0.25, -0.2) is 0 Å². The van der Waals surface area contributed by atoms with Gasteiger partial charge in [0.25, 0.3) is 0 Å². The maximum absolute atomic E-state index is 10.9. The summed E-state index contributed by atoms with van der Waals surface area (Å²) >= 11 is 0. The number of carbonyl (C=O) groups excluding carboxylic acids is 1. The molecule has 3 nitrogen and oxygen atoms in total. The molecule has 72 valence electrons. The highest BCUT2D eigenvalue weighted by atomic mass is 16.1. The number of amides is 1. The van der Waals surface area contributed by atoms with Gasteiger partial charge in [-0.15, -0.1) is 0 Å². The lowest BCUT2D eigenvalue weighted by Gasteiger charge is -1.99. The van der Waals surface area contributed by atoms with Gasteiger partial charge < -0.3 is 10.3 Å². The van der Waals surface area contributed by atoms with E-state index in [4.69, 9.17) is 0 Å². The first-order valence-electron chi connectivity index (χ1n) is 4.52. The number of fused-ring (bicyclic) bond motifs is 1. The molecule has 0 aliphatic carbocycles. The molecule has 1 aromatic heterocycles. The Bertz CT molecular complexity index is 485. The molecule has 0 saturated heterocycles. The van der Waals surface area contributed by atoms with E-state index in [1.165, 1.54) is 12.5 Å². The fourth-order valence-electron chi connectivity index (χ4n) is 1.53.